The van der Waals surface area contributed by atoms with E-state index in [4.69, 9.17) is 0 Å². The van der Waals surface area contributed by atoms with E-state index in [1.807, 2.05) is 20.8 Å². The number of nitrogens with one attached hydrogen (secondary N) is 1. The molecule has 0 radical (unpaired) electrons. The normalized spacial score (nSPS) is 12.1. The topological polar surface area (TPSA) is 62.3 Å². The molecule has 1 N–H and O–H groups in total. The molecule has 0 saturated heterocycles. The minimum Gasteiger partial charge on any atom is -0.384 e. The van der Waals surface area contributed by atoms with Crippen molar-refractivity contribution in [2.45, 2.75) is 32.1 Å². The molecule has 6 heteroatoms. The Kier molecular flexibility index (Phi) is 5.75. The van der Waals surface area contributed by atoms with Gasteiger partial charge in [-0.25, -0.2) is 12.7 Å². The van der Waals surface area contributed by atoms with Crippen LogP contribution in [-0.4, -0.2) is 37.8 Å². The van der Waals surface area contributed by atoms with Crippen molar-refractivity contribution in [2.24, 2.45) is 5.92 Å². The Morgan fingerprint density at radius 1 is 1.42 bits per heavy atom. The van der Waals surface area contributed by atoms with Crippen molar-refractivity contribution in [3.8, 4) is 0 Å². The summed E-state index contributed by atoms with van der Waals surface area (Å²) in [5.41, 5.74) is 0.618. The van der Waals surface area contributed by atoms with Crippen LogP contribution in [0.5, 0.6) is 0 Å². The lowest BCUT2D eigenvalue weighted by Gasteiger charge is -2.20. The fraction of sp³-hybridized carbons (Fsp3) is 0.615. The van der Waals surface area contributed by atoms with Gasteiger partial charge in [0.2, 0.25) is 10.0 Å². The van der Waals surface area contributed by atoms with Crippen molar-refractivity contribution in [1.82, 2.24) is 9.29 Å². The van der Waals surface area contributed by atoms with E-state index < -0.39 is 10.0 Å². The number of rotatable bonds is 7. The maximum atomic E-state index is 12.5. The number of hydrogen-bond acceptors (Lipinski definition) is 4. The molecule has 1 heterocycles. The van der Waals surface area contributed by atoms with Crippen molar-refractivity contribution in [1.29, 1.82) is 0 Å². The quantitative estimate of drug-likeness (QED) is 0.834. The number of anilines is 1. The van der Waals surface area contributed by atoms with Crippen LogP contribution in [0, 0.1) is 5.92 Å². The molecule has 1 rings (SSSR count). The highest BCUT2D eigenvalue weighted by Gasteiger charge is 2.24. The van der Waals surface area contributed by atoms with Crippen LogP contribution >= 0.6 is 0 Å². The molecule has 1 aromatic heterocycles. The van der Waals surface area contributed by atoms with Crippen LogP contribution in [0.1, 0.15) is 27.2 Å². The molecule has 1 aromatic rings. The summed E-state index contributed by atoms with van der Waals surface area (Å²) in [5.74, 6) is 0.281. The minimum absolute atomic E-state index is 0.242. The lowest BCUT2D eigenvalue weighted by atomic mass is 10.2. The molecule has 0 spiro atoms. The van der Waals surface area contributed by atoms with Gasteiger partial charge in [0.05, 0.1) is 5.69 Å². The van der Waals surface area contributed by atoms with E-state index in [-0.39, 0.29) is 10.8 Å². The first kappa shape index (κ1) is 15.9. The summed E-state index contributed by atoms with van der Waals surface area (Å²) in [5, 5.41) is 3.13. The summed E-state index contributed by atoms with van der Waals surface area (Å²) in [6, 6.07) is 1.70. The number of hydrogen-bond donors (Lipinski definition) is 1. The molecular formula is C13H23N3O2S. The molecule has 0 aliphatic rings. The van der Waals surface area contributed by atoms with Gasteiger partial charge in [0.1, 0.15) is 4.90 Å². The monoisotopic (exact) mass is 285 g/mol. The smallest absolute Gasteiger partial charge is 0.246 e. The summed E-state index contributed by atoms with van der Waals surface area (Å²) < 4.78 is 26.4. The third kappa shape index (κ3) is 4.18. The van der Waals surface area contributed by atoms with Crippen molar-refractivity contribution in [3.05, 3.63) is 18.5 Å². The Morgan fingerprint density at radius 3 is 2.68 bits per heavy atom. The maximum absolute atomic E-state index is 12.5. The number of sulfonamides is 1. The van der Waals surface area contributed by atoms with Crippen LogP contribution in [-0.2, 0) is 10.0 Å². The molecule has 0 bridgehead atoms. The average molecular weight is 285 g/mol. The summed E-state index contributed by atoms with van der Waals surface area (Å²) in [4.78, 5) is 4.18. The van der Waals surface area contributed by atoms with Gasteiger partial charge in [0.15, 0.2) is 0 Å². The standard InChI is InChI=1S/C13H23N3O2S/c1-5-7-15-12-6-8-14-9-13(12)19(17,18)16(4)10-11(2)3/h6,8-9,11H,5,7,10H2,1-4H3,(H,14,15). The Labute approximate surface area is 116 Å². The van der Waals surface area contributed by atoms with Gasteiger partial charge >= 0.3 is 0 Å². The molecule has 0 aromatic carbocycles. The van der Waals surface area contributed by atoms with Crippen molar-refractivity contribution >= 4 is 15.7 Å². The van der Waals surface area contributed by atoms with Gasteiger partial charge in [0, 0.05) is 32.5 Å². The molecule has 0 amide bonds. The van der Waals surface area contributed by atoms with Crippen LogP contribution in [0.3, 0.4) is 0 Å². The van der Waals surface area contributed by atoms with Gasteiger partial charge in [-0.1, -0.05) is 20.8 Å². The highest BCUT2D eigenvalue weighted by Crippen LogP contribution is 2.23. The zero-order valence-corrected chi connectivity index (χ0v) is 12.9. The van der Waals surface area contributed by atoms with E-state index in [9.17, 15) is 8.42 Å². The Hall–Kier alpha value is -1.14. The van der Waals surface area contributed by atoms with Crippen molar-refractivity contribution < 1.29 is 8.42 Å². The molecule has 0 unspecified atom stereocenters. The number of aromatic nitrogens is 1. The van der Waals surface area contributed by atoms with Gasteiger partial charge in [0.25, 0.3) is 0 Å². The van der Waals surface area contributed by atoms with Gasteiger partial charge < -0.3 is 5.32 Å². The van der Waals surface area contributed by atoms with Gasteiger partial charge in [-0.2, -0.15) is 0 Å². The summed E-state index contributed by atoms with van der Waals surface area (Å²) in [7, 11) is -1.88. The van der Waals surface area contributed by atoms with E-state index in [0.29, 0.717) is 12.2 Å². The Balaban J connectivity index is 3.06. The molecule has 19 heavy (non-hydrogen) atoms. The average Bonchev–Trinajstić information content (AvgIpc) is 2.35. The molecule has 0 fully saturated rings. The molecule has 0 aliphatic heterocycles. The second-order valence-corrected chi connectivity index (χ2v) is 6.99. The third-order valence-corrected chi connectivity index (χ3v) is 4.51. The van der Waals surface area contributed by atoms with Crippen molar-refractivity contribution in [3.63, 3.8) is 0 Å². The highest BCUT2D eigenvalue weighted by atomic mass is 32.2. The first-order chi connectivity index (χ1) is 8.89. The van der Waals surface area contributed by atoms with Crippen LogP contribution in [0.25, 0.3) is 0 Å². The zero-order chi connectivity index (χ0) is 14.5. The minimum atomic E-state index is -3.49. The predicted molar refractivity (Wildman–Crippen MR) is 77.7 cm³/mol. The van der Waals surface area contributed by atoms with Crippen molar-refractivity contribution in [2.75, 3.05) is 25.5 Å². The summed E-state index contributed by atoms with van der Waals surface area (Å²) in [6.07, 6.45) is 3.94. The van der Waals surface area contributed by atoms with E-state index in [1.165, 1.54) is 10.5 Å². The highest BCUT2D eigenvalue weighted by molar-refractivity contribution is 7.89. The third-order valence-electron chi connectivity index (χ3n) is 2.66. The Morgan fingerprint density at radius 2 is 2.11 bits per heavy atom. The lowest BCUT2D eigenvalue weighted by Crippen LogP contribution is -2.31. The van der Waals surface area contributed by atoms with Crippen LogP contribution in [0.15, 0.2) is 23.4 Å². The first-order valence-electron chi connectivity index (χ1n) is 6.53. The van der Waals surface area contributed by atoms with Crippen LogP contribution in [0.2, 0.25) is 0 Å². The number of nitrogens with zero attached hydrogens (tertiary/aromatic N) is 2. The molecule has 108 valence electrons. The molecule has 5 nitrogen and oxygen atoms in total. The predicted octanol–water partition coefficient (Wildman–Crippen LogP) is 2.18. The SMILES string of the molecule is CCCNc1ccncc1S(=O)(=O)N(C)CC(C)C. The van der Waals surface area contributed by atoms with E-state index in [0.717, 1.165) is 13.0 Å². The molecule has 0 aliphatic carbocycles. The molecule has 0 saturated carbocycles. The van der Waals surface area contributed by atoms with Gasteiger partial charge in [-0.3, -0.25) is 4.98 Å². The maximum Gasteiger partial charge on any atom is 0.246 e. The summed E-state index contributed by atoms with van der Waals surface area (Å²) >= 11 is 0. The van der Waals surface area contributed by atoms with E-state index in [1.54, 1.807) is 19.3 Å². The fourth-order valence-corrected chi connectivity index (χ4v) is 3.21. The van der Waals surface area contributed by atoms with Gasteiger partial charge in [-0.15, -0.1) is 0 Å². The summed E-state index contributed by atoms with van der Waals surface area (Å²) in [6.45, 7) is 7.25. The molecular weight excluding hydrogens is 262 g/mol. The van der Waals surface area contributed by atoms with Gasteiger partial charge in [-0.05, 0) is 18.4 Å². The van der Waals surface area contributed by atoms with Crippen LogP contribution in [0.4, 0.5) is 5.69 Å². The lowest BCUT2D eigenvalue weighted by molar-refractivity contribution is 0.417. The Bertz CT molecular complexity index is 500. The zero-order valence-electron chi connectivity index (χ0n) is 12.0. The van der Waals surface area contributed by atoms with Crippen LogP contribution < -0.4 is 5.32 Å². The second kappa shape index (κ2) is 6.86. The largest absolute Gasteiger partial charge is 0.384 e. The van der Waals surface area contributed by atoms with E-state index in [2.05, 4.69) is 10.3 Å². The number of pyridine rings is 1. The second-order valence-electron chi connectivity index (χ2n) is 4.98. The first-order valence-corrected chi connectivity index (χ1v) is 7.97. The van der Waals surface area contributed by atoms with E-state index >= 15 is 0 Å². The molecule has 0 atom stereocenters. The fourth-order valence-electron chi connectivity index (χ4n) is 1.77.